The average molecular weight is 318 g/mol. The Balaban J connectivity index is 1.31. The number of hydrogen-bond acceptors (Lipinski definition) is 4. The van der Waals surface area contributed by atoms with Gasteiger partial charge in [-0.25, -0.2) is 9.18 Å². The number of anilines is 1. The Morgan fingerprint density at radius 2 is 2.18 bits per heavy atom. The van der Waals surface area contributed by atoms with E-state index in [1.807, 2.05) is 6.07 Å². The number of rotatable bonds is 4. The van der Waals surface area contributed by atoms with E-state index in [4.69, 9.17) is 0 Å². The summed E-state index contributed by atoms with van der Waals surface area (Å²) in [5.74, 6) is 0.490. The van der Waals surface area contributed by atoms with Gasteiger partial charge in [0.2, 0.25) is 5.13 Å². The molecule has 114 valence electrons. The number of carbonyl (C=O) groups is 1. The molecule has 1 aromatic carbocycles. The molecule has 2 aliphatic carbocycles. The van der Waals surface area contributed by atoms with Gasteiger partial charge in [0.25, 0.3) is 0 Å². The van der Waals surface area contributed by atoms with Gasteiger partial charge >= 0.3 is 6.03 Å². The summed E-state index contributed by atoms with van der Waals surface area (Å²) in [6.45, 7) is 0. The monoisotopic (exact) mass is 318 g/mol. The van der Waals surface area contributed by atoms with E-state index in [1.165, 1.54) is 23.5 Å². The zero-order valence-corrected chi connectivity index (χ0v) is 12.6. The van der Waals surface area contributed by atoms with E-state index in [1.54, 1.807) is 6.07 Å². The highest BCUT2D eigenvalue weighted by atomic mass is 32.1. The molecule has 5 nitrogen and oxygen atoms in total. The van der Waals surface area contributed by atoms with Crippen LogP contribution in [0.4, 0.5) is 14.3 Å². The minimum absolute atomic E-state index is 0.0534. The first-order valence-corrected chi connectivity index (χ1v) is 8.17. The molecule has 1 aromatic heterocycles. The summed E-state index contributed by atoms with van der Waals surface area (Å²) in [6, 6.07) is 6.31. The van der Waals surface area contributed by atoms with Crippen LogP contribution < -0.4 is 10.6 Å². The third-order valence-electron chi connectivity index (χ3n) is 3.97. The second-order valence-electron chi connectivity index (χ2n) is 5.82. The molecular formula is C15H15FN4OS. The highest BCUT2D eigenvalue weighted by Gasteiger charge is 2.39. The molecule has 7 heteroatoms. The Labute approximate surface area is 131 Å². The summed E-state index contributed by atoms with van der Waals surface area (Å²) in [4.78, 5) is 11.9. The van der Waals surface area contributed by atoms with Gasteiger partial charge in [0.05, 0.1) is 0 Å². The van der Waals surface area contributed by atoms with Crippen LogP contribution in [0.15, 0.2) is 24.3 Å². The maximum atomic E-state index is 13.2. The lowest BCUT2D eigenvalue weighted by atomic mass is 10.1. The Morgan fingerprint density at radius 1 is 1.32 bits per heavy atom. The SMILES string of the molecule is O=C(Nc1nnc(C2CC2)s1)N[C@H]1C[C@@H]1c1cccc(F)c1. The molecule has 2 aliphatic rings. The molecule has 4 rings (SSSR count). The normalized spacial score (nSPS) is 23.1. The van der Waals surface area contributed by atoms with Crippen LogP contribution in [-0.2, 0) is 0 Å². The topological polar surface area (TPSA) is 66.9 Å². The molecule has 0 radical (unpaired) electrons. The summed E-state index contributed by atoms with van der Waals surface area (Å²) in [5, 5.41) is 15.2. The maximum Gasteiger partial charge on any atom is 0.321 e. The summed E-state index contributed by atoms with van der Waals surface area (Å²) in [7, 11) is 0. The second kappa shape index (κ2) is 5.31. The average Bonchev–Trinajstić information content (AvgIpc) is 3.40. The van der Waals surface area contributed by atoms with Crippen molar-refractivity contribution >= 4 is 22.5 Å². The number of nitrogens with one attached hydrogen (secondary N) is 2. The minimum Gasteiger partial charge on any atom is -0.334 e. The van der Waals surface area contributed by atoms with Gasteiger partial charge in [-0.3, -0.25) is 5.32 Å². The number of hydrogen-bond donors (Lipinski definition) is 2. The van der Waals surface area contributed by atoms with Crippen LogP contribution in [0.5, 0.6) is 0 Å². The van der Waals surface area contributed by atoms with Crippen molar-refractivity contribution in [2.75, 3.05) is 5.32 Å². The molecule has 22 heavy (non-hydrogen) atoms. The van der Waals surface area contributed by atoms with Crippen molar-refractivity contribution in [2.45, 2.75) is 37.1 Å². The Bertz CT molecular complexity index is 715. The lowest BCUT2D eigenvalue weighted by Crippen LogP contribution is -2.31. The van der Waals surface area contributed by atoms with E-state index in [0.717, 1.165) is 29.8 Å². The molecule has 2 saturated carbocycles. The summed E-state index contributed by atoms with van der Waals surface area (Å²) in [5.41, 5.74) is 0.928. The maximum absolute atomic E-state index is 13.2. The first-order chi connectivity index (χ1) is 10.7. The van der Waals surface area contributed by atoms with Gasteiger partial charge in [-0.15, -0.1) is 10.2 Å². The van der Waals surface area contributed by atoms with E-state index >= 15 is 0 Å². The van der Waals surface area contributed by atoms with Crippen molar-refractivity contribution in [1.82, 2.24) is 15.5 Å². The van der Waals surface area contributed by atoms with Gasteiger partial charge in [-0.05, 0) is 37.0 Å². The molecule has 0 saturated heterocycles. The van der Waals surface area contributed by atoms with Crippen LogP contribution in [-0.4, -0.2) is 22.3 Å². The van der Waals surface area contributed by atoms with Crippen molar-refractivity contribution in [2.24, 2.45) is 0 Å². The molecule has 0 spiro atoms. The number of urea groups is 1. The highest BCUT2D eigenvalue weighted by Crippen LogP contribution is 2.42. The number of halogens is 1. The Morgan fingerprint density at radius 3 is 2.95 bits per heavy atom. The number of nitrogens with zero attached hydrogens (tertiary/aromatic N) is 2. The van der Waals surface area contributed by atoms with Crippen LogP contribution in [0.3, 0.4) is 0 Å². The fourth-order valence-electron chi connectivity index (χ4n) is 2.54. The summed E-state index contributed by atoms with van der Waals surface area (Å²) >= 11 is 1.43. The summed E-state index contributed by atoms with van der Waals surface area (Å²) in [6.07, 6.45) is 3.16. The van der Waals surface area contributed by atoms with Crippen LogP contribution in [0.25, 0.3) is 0 Å². The largest absolute Gasteiger partial charge is 0.334 e. The van der Waals surface area contributed by atoms with E-state index in [-0.39, 0.29) is 23.8 Å². The van der Waals surface area contributed by atoms with Gasteiger partial charge in [0.15, 0.2) is 0 Å². The number of benzene rings is 1. The van der Waals surface area contributed by atoms with Gasteiger partial charge in [-0.2, -0.15) is 0 Å². The standard InChI is InChI=1S/C15H15FN4OS/c16-10-3-1-2-9(6-10)11-7-12(11)17-14(21)18-15-20-19-13(22-15)8-4-5-8/h1-3,6,8,11-12H,4-5,7H2,(H2,17,18,20,21)/t11-,12+/m1/s1. The lowest BCUT2D eigenvalue weighted by molar-refractivity contribution is 0.251. The van der Waals surface area contributed by atoms with Crippen molar-refractivity contribution in [3.63, 3.8) is 0 Å². The van der Waals surface area contributed by atoms with E-state index in [9.17, 15) is 9.18 Å². The van der Waals surface area contributed by atoms with Gasteiger partial charge < -0.3 is 5.32 Å². The molecule has 2 aromatic rings. The Hall–Kier alpha value is -2.02. The highest BCUT2D eigenvalue weighted by molar-refractivity contribution is 7.15. The third-order valence-corrected chi connectivity index (χ3v) is 4.97. The fraction of sp³-hybridized carbons (Fsp3) is 0.400. The van der Waals surface area contributed by atoms with Crippen LogP contribution in [0.1, 0.15) is 41.7 Å². The van der Waals surface area contributed by atoms with Gasteiger partial charge in [0.1, 0.15) is 10.8 Å². The van der Waals surface area contributed by atoms with Crippen LogP contribution >= 0.6 is 11.3 Å². The number of aromatic nitrogens is 2. The van der Waals surface area contributed by atoms with Crippen LogP contribution in [0, 0.1) is 5.82 Å². The molecule has 2 N–H and O–H groups in total. The minimum atomic E-state index is -0.276. The number of amides is 2. The van der Waals surface area contributed by atoms with Crippen LogP contribution in [0.2, 0.25) is 0 Å². The number of carbonyl (C=O) groups excluding carboxylic acids is 1. The molecule has 2 fully saturated rings. The predicted molar refractivity (Wildman–Crippen MR) is 81.6 cm³/mol. The van der Waals surface area contributed by atoms with Crippen molar-refractivity contribution < 1.29 is 9.18 Å². The van der Waals surface area contributed by atoms with Crippen molar-refractivity contribution in [1.29, 1.82) is 0 Å². The molecular weight excluding hydrogens is 303 g/mol. The van der Waals surface area contributed by atoms with Gasteiger partial charge in [-0.1, -0.05) is 23.5 Å². The first-order valence-electron chi connectivity index (χ1n) is 7.35. The summed E-state index contributed by atoms with van der Waals surface area (Å²) < 4.78 is 13.2. The van der Waals surface area contributed by atoms with E-state index < -0.39 is 0 Å². The zero-order chi connectivity index (χ0) is 15.1. The fourth-order valence-corrected chi connectivity index (χ4v) is 3.45. The molecule has 2 amide bonds. The van der Waals surface area contributed by atoms with Crippen molar-refractivity contribution in [3.05, 3.63) is 40.7 Å². The first kappa shape index (κ1) is 13.6. The lowest BCUT2D eigenvalue weighted by Gasteiger charge is -2.04. The third kappa shape index (κ3) is 2.94. The second-order valence-corrected chi connectivity index (χ2v) is 6.83. The predicted octanol–water partition coefficient (Wildman–Crippen LogP) is 3.23. The van der Waals surface area contributed by atoms with Crippen molar-refractivity contribution in [3.8, 4) is 0 Å². The molecule has 0 bridgehead atoms. The molecule has 0 unspecified atom stereocenters. The zero-order valence-electron chi connectivity index (χ0n) is 11.8. The quantitative estimate of drug-likeness (QED) is 0.909. The smallest absolute Gasteiger partial charge is 0.321 e. The van der Waals surface area contributed by atoms with E-state index in [0.29, 0.717) is 11.0 Å². The van der Waals surface area contributed by atoms with Gasteiger partial charge in [0, 0.05) is 17.9 Å². The molecule has 0 aliphatic heterocycles. The van der Waals surface area contributed by atoms with E-state index in [2.05, 4.69) is 20.8 Å². The molecule has 2 atom stereocenters. The molecule has 1 heterocycles. The Kier molecular flexibility index (Phi) is 3.29.